The summed E-state index contributed by atoms with van der Waals surface area (Å²) in [7, 11) is 0. The number of unbranched alkanes of at least 4 members (excludes halogenated alkanes) is 5. The van der Waals surface area contributed by atoms with Gasteiger partial charge >= 0.3 is 0 Å². The molecule has 6 heteroatoms. The number of rotatable bonds is 9. The number of nitrogens with zero attached hydrogens (tertiary/aromatic N) is 1. The quantitative estimate of drug-likeness (QED) is 0.380. The second-order valence-electron chi connectivity index (χ2n) is 5.14. The Bertz CT molecular complexity index is 519. The van der Waals surface area contributed by atoms with Crippen molar-refractivity contribution in [3.05, 3.63) is 27.7 Å². The molecule has 2 N–H and O–H groups in total. The lowest BCUT2D eigenvalue weighted by Crippen LogP contribution is -2.16. The van der Waals surface area contributed by atoms with Gasteiger partial charge < -0.3 is 5.11 Å². The van der Waals surface area contributed by atoms with Crippen LogP contribution < -0.4 is 5.43 Å². The van der Waals surface area contributed by atoms with E-state index in [1.165, 1.54) is 44.0 Å². The van der Waals surface area contributed by atoms with Crippen molar-refractivity contribution in [2.45, 2.75) is 51.9 Å². The van der Waals surface area contributed by atoms with E-state index in [0.717, 1.165) is 12.8 Å². The smallest absolute Gasteiger partial charge is 0.240 e. The van der Waals surface area contributed by atoms with Crippen molar-refractivity contribution in [2.75, 3.05) is 0 Å². The van der Waals surface area contributed by atoms with Crippen LogP contribution >= 0.6 is 23.2 Å². The summed E-state index contributed by atoms with van der Waals surface area (Å²) in [5, 5.41) is 14.1. The highest BCUT2D eigenvalue weighted by atomic mass is 35.5. The number of hydrazone groups is 1. The topological polar surface area (TPSA) is 61.7 Å². The van der Waals surface area contributed by atoms with E-state index in [1.54, 1.807) is 0 Å². The summed E-state index contributed by atoms with van der Waals surface area (Å²) in [5.41, 5.74) is 2.79. The van der Waals surface area contributed by atoms with Gasteiger partial charge in [-0.25, -0.2) is 5.43 Å². The van der Waals surface area contributed by atoms with Crippen LogP contribution in [0, 0.1) is 0 Å². The van der Waals surface area contributed by atoms with E-state index in [-0.39, 0.29) is 16.7 Å². The number of hydrogen-bond acceptors (Lipinski definition) is 3. The molecule has 0 aliphatic heterocycles. The Kier molecular flexibility index (Phi) is 8.94. The SMILES string of the molecule is CCCCCCCCC(=O)N/N=C/c1cc(Cl)cc(Cl)c1O. The minimum absolute atomic E-state index is 0.111. The normalized spacial score (nSPS) is 11.0. The summed E-state index contributed by atoms with van der Waals surface area (Å²) in [6.07, 6.45) is 8.56. The van der Waals surface area contributed by atoms with Crippen molar-refractivity contribution in [2.24, 2.45) is 5.10 Å². The third-order valence-corrected chi connectivity index (χ3v) is 3.71. The van der Waals surface area contributed by atoms with Crippen molar-refractivity contribution in [3.63, 3.8) is 0 Å². The van der Waals surface area contributed by atoms with Gasteiger partial charge in [0.05, 0.1) is 11.2 Å². The average Bonchev–Trinajstić information content (AvgIpc) is 2.47. The predicted molar refractivity (Wildman–Crippen MR) is 91.9 cm³/mol. The monoisotopic (exact) mass is 344 g/mol. The number of carbonyl (C=O) groups excluding carboxylic acids is 1. The highest BCUT2D eigenvalue weighted by Gasteiger charge is 2.06. The van der Waals surface area contributed by atoms with Gasteiger partial charge in [-0.05, 0) is 18.6 Å². The molecular formula is C16H22Cl2N2O2. The molecule has 0 bridgehead atoms. The molecule has 1 aromatic rings. The third-order valence-electron chi connectivity index (χ3n) is 3.21. The summed E-state index contributed by atoms with van der Waals surface area (Å²) in [6.45, 7) is 2.18. The molecule has 0 aromatic heterocycles. The van der Waals surface area contributed by atoms with Gasteiger partial charge in [0, 0.05) is 17.0 Å². The van der Waals surface area contributed by atoms with E-state index in [1.807, 2.05) is 0 Å². The number of benzene rings is 1. The molecule has 0 saturated heterocycles. The molecule has 122 valence electrons. The maximum absolute atomic E-state index is 11.6. The zero-order valence-corrected chi connectivity index (χ0v) is 14.3. The van der Waals surface area contributed by atoms with Crippen LogP contribution in [0.3, 0.4) is 0 Å². The molecule has 0 aliphatic rings. The Morgan fingerprint density at radius 2 is 1.91 bits per heavy atom. The molecule has 1 amide bonds. The summed E-state index contributed by atoms with van der Waals surface area (Å²) in [4.78, 5) is 11.6. The first kappa shape index (κ1) is 18.8. The standard InChI is InChI=1S/C16H22Cl2N2O2/c1-2-3-4-5-6-7-8-15(21)20-19-11-12-9-13(17)10-14(18)16(12)22/h9-11,22H,2-8H2,1H3,(H,20,21)/b19-11+. The lowest BCUT2D eigenvalue weighted by Gasteiger charge is -2.03. The van der Waals surface area contributed by atoms with Crippen LogP contribution in [0.2, 0.25) is 10.0 Å². The number of nitrogens with one attached hydrogen (secondary N) is 1. The number of hydrogen-bond donors (Lipinski definition) is 2. The fourth-order valence-electron chi connectivity index (χ4n) is 1.98. The van der Waals surface area contributed by atoms with Gasteiger partial charge in [0.25, 0.3) is 0 Å². The predicted octanol–water partition coefficient (Wildman–Crippen LogP) is 4.90. The van der Waals surface area contributed by atoms with Crippen molar-refractivity contribution in [1.82, 2.24) is 5.43 Å². The van der Waals surface area contributed by atoms with Crippen LogP contribution in [0.15, 0.2) is 17.2 Å². The maximum atomic E-state index is 11.6. The van der Waals surface area contributed by atoms with Gasteiger partial charge in [-0.1, -0.05) is 62.2 Å². The Morgan fingerprint density at radius 3 is 2.64 bits per heavy atom. The number of aromatic hydroxyl groups is 1. The van der Waals surface area contributed by atoms with Gasteiger partial charge in [0.2, 0.25) is 5.91 Å². The Balaban J connectivity index is 2.32. The number of phenolic OH excluding ortho intramolecular Hbond substituents is 1. The van der Waals surface area contributed by atoms with Crippen LogP contribution in [0.4, 0.5) is 0 Å². The van der Waals surface area contributed by atoms with E-state index in [0.29, 0.717) is 17.0 Å². The largest absolute Gasteiger partial charge is 0.506 e. The van der Waals surface area contributed by atoms with Crippen molar-refractivity contribution < 1.29 is 9.90 Å². The molecule has 0 aliphatic carbocycles. The van der Waals surface area contributed by atoms with Crippen LogP contribution in [0.25, 0.3) is 0 Å². The minimum atomic E-state index is -0.139. The highest BCUT2D eigenvalue weighted by Crippen LogP contribution is 2.29. The van der Waals surface area contributed by atoms with Crippen LogP contribution in [-0.4, -0.2) is 17.2 Å². The van der Waals surface area contributed by atoms with Crippen molar-refractivity contribution in [3.8, 4) is 5.75 Å². The molecule has 0 radical (unpaired) electrons. The lowest BCUT2D eigenvalue weighted by molar-refractivity contribution is -0.121. The summed E-state index contributed by atoms with van der Waals surface area (Å²) >= 11 is 11.6. The second kappa shape index (κ2) is 10.5. The van der Waals surface area contributed by atoms with Crippen molar-refractivity contribution in [1.29, 1.82) is 0 Å². The molecule has 22 heavy (non-hydrogen) atoms. The first-order valence-corrected chi connectivity index (χ1v) is 8.30. The zero-order chi connectivity index (χ0) is 16.4. The van der Waals surface area contributed by atoms with E-state index in [9.17, 15) is 9.90 Å². The van der Waals surface area contributed by atoms with Crippen LogP contribution in [-0.2, 0) is 4.79 Å². The highest BCUT2D eigenvalue weighted by molar-refractivity contribution is 6.36. The van der Waals surface area contributed by atoms with Gasteiger partial charge in [-0.15, -0.1) is 0 Å². The molecule has 0 unspecified atom stereocenters. The van der Waals surface area contributed by atoms with Gasteiger partial charge in [0.15, 0.2) is 0 Å². The van der Waals surface area contributed by atoms with Crippen LogP contribution in [0.1, 0.15) is 57.4 Å². The molecule has 4 nitrogen and oxygen atoms in total. The zero-order valence-electron chi connectivity index (χ0n) is 12.7. The van der Waals surface area contributed by atoms with Gasteiger partial charge in [0.1, 0.15) is 5.75 Å². The van der Waals surface area contributed by atoms with E-state index in [4.69, 9.17) is 23.2 Å². The fourth-order valence-corrected chi connectivity index (χ4v) is 2.49. The van der Waals surface area contributed by atoms with E-state index < -0.39 is 0 Å². The van der Waals surface area contributed by atoms with E-state index in [2.05, 4.69) is 17.5 Å². The van der Waals surface area contributed by atoms with Gasteiger partial charge in [-0.2, -0.15) is 5.10 Å². The lowest BCUT2D eigenvalue weighted by atomic mass is 10.1. The number of halogens is 2. The molecular weight excluding hydrogens is 323 g/mol. The fraction of sp³-hybridized carbons (Fsp3) is 0.500. The van der Waals surface area contributed by atoms with E-state index >= 15 is 0 Å². The first-order valence-electron chi connectivity index (χ1n) is 7.54. The first-order chi connectivity index (χ1) is 10.5. The summed E-state index contributed by atoms with van der Waals surface area (Å²) < 4.78 is 0. The summed E-state index contributed by atoms with van der Waals surface area (Å²) in [6, 6.07) is 2.96. The number of phenols is 1. The number of amides is 1. The average molecular weight is 345 g/mol. The summed E-state index contributed by atoms with van der Waals surface area (Å²) in [5.74, 6) is -0.251. The molecule has 1 rings (SSSR count). The molecule has 0 atom stereocenters. The molecule has 0 spiro atoms. The molecule has 0 heterocycles. The second-order valence-corrected chi connectivity index (χ2v) is 5.98. The van der Waals surface area contributed by atoms with Crippen LogP contribution in [0.5, 0.6) is 5.75 Å². The Morgan fingerprint density at radius 1 is 1.23 bits per heavy atom. The Hall–Kier alpha value is -1.26. The minimum Gasteiger partial charge on any atom is -0.506 e. The number of carbonyl (C=O) groups is 1. The Labute approximate surface area is 141 Å². The molecule has 0 saturated carbocycles. The molecule has 1 aromatic carbocycles. The van der Waals surface area contributed by atoms with Crippen molar-refractivity contribution >= 4 is 35.3 Å². The third kappa shape index (κ3) is 7.14. The maximum Gasteiger partial charge on any atom is 0.240 e. The molecule has 0 fully saturated rings. The van der Waals surface area contributed by atoms with Gasteiger partial charge in [-0.3, -0.25) is 4.79 Å².